The first-order valence-corrected chi connectivity index (χ1v) is 5.91. The summed E-state index contributed by atoms with van der Waals surface area (Å²) in [6.45, 7) is 8.71. The van der Waals surface area contributed by atoms with E-state index in [1.165, 1.54) is 0 Å². The molecule has 5 nitrogen and oxygen atoms in total. The number of ether oxygens (including phenoxy) is 1. The molecule has 0 atom stereocenters. The van der Waals surface area contributed by atoms with Crippen molar-refractivity contribution in [1.29, 1.82) is 0 Å². The maximum absolute atomic E-state index is 5.48. The Balaban J connectivity index is 1.82. The van der Waals surface area contributed by atoms with Crippen LogP contribution >= 0.6 is 0 Å². The van der Waals surface area contributed by atoms with Gasteiger partial charge >= 0.3 is 0 Å². The van der Waals surface area contributed by atoms with E-state index in [-0.39, 0.29) is 0 Å². The number of hydrogen-bond acceptors (Lipinski definition) is 4. The monoisotopic (exact) mass is 226 g/mol. The maximum Gasteiger partial charge on any atom is 0.0692 e. The van der Waals surface area contributed by atoms with Gasteiger partial charge in [0.25, 0.3) is 0 Å². The minimum absolute atomic E-state index is 0.722. The summed E-state index contributed by atoms with van der Waals surface area (Å²) in [4.78, 5) is 0. The standard InChI is InChI=1S/C11H22N4O/c1-11(2)3-9-16-10-6-12-4-7-15-8-5-13-14-15/h5,8,11-12H,3-4,6-7,9-10H2,1-2H3. The van der Waals surface area contributed by atoms with Crippen LogP contribution in [0.4, 0.5) is 0 Å². The summed E-state index contributed by atoms with van der Waals surface area (Å²) < 4.78 is 7.30. The fraction of sp³-hybridized carbons (Fsp3) is 0.818. The van der Waals surface area contributed by atoms with E-state index < -0.39 is 0 Å². The minimum atomic E-state index is 0.722. The SMILES string of the molecule is CC(C)CCOCCNCCn1ccnn1. The van der Waals surface area contributed by atoms with Crippen LogP contribution in [0.2, 0.25) is 0 Å². The Labute approximate surface area is 97.2 Å². The van der Waals surface area contributed by atoms with Crippen molar-refractivity contribution in [2.75, 3.05) is 26.3 Å². The lowest BCUT2D eigenvalue weighted by Crippen LogP contribution is -2.24. The Bertz CT molecular complexity index is 248. The second-order valence-corrected chi connectivity index (χ2v) is 4.21. The highest BCUT2D eigenvalue weighted by Crippen LogP contribution is 1.98. The van der Waals surface area contributed by atoms with E-state index in [4.69, 9.17) is 4.74 Å². The molecule has 16 heavy (non-hydrogen) atoms. The molecule has 1 N–H and O–H groups in total. The molecule has 0 aliphatic carbocycles. The molecule has 1 aromatic heterocycles. The van der Waals surface area contributed by atoms with Gasteiger partial charge in [-0.15, -0.1) is 5.10 Å². The van der Waals surface area contributed by atoms with Crippen LogP contribution in [0.5, 0.6) is 0 Å². The summed E-state index contributed by atoms with van der Waals surface area (Å²) >= 11 is 0. The van der Waals surface area contributed by atoms with E-state index in [1.54, 1.807) is 6.20 Å². The van der Waals surface area contributed by atoms with Crippen molar-refractivity contribution in [3.8, 4) is 0 Å². The van der Waals surface area contributed by atoms with Crippen LogP contribution in [-0.2, 0) is 11.3 Å². The van der Waals surface area contributed by atoms with Crippen molar-refractivity contribution in [3.63, 3.8) is 0 Å². The topological polar surface area (TPSA) is 52.0 Å². The number of nitrogens with zero attached hydrogens (tertiary/aromatic N) is 3. The second-order valence-electron chi connectivity index (χ2n) is 4.21. The Kier molecular flexibility index (Phi) is 6.76. The molecule has 1 aromatic rings. The van der Waals surface area contributed by atoms with E-state index in [0.717, 1.165) is 45.2 Å². The normalized spacial score (nSPS) is 11.2. The third-order valence-corrected chi connectivity index (χ3v) is 2.25. The predicted octanol–water partition coefficient (Wildman–Crippen LogP) is 0.930. The van der Waals surface area contributed by atoms with E-state index in [2.05, 4.69) is 29.5 Å². The average Bonchev–Trinajstić information content (AvgIpc) is 2.74. The first kappa shape index (κ1) is 13.1. The number of hydrogen-bond donors (Lipinski definition) is 1. The van der Waals surface area contributed by atoms with Crippen molar-refractivity contribution >= 4 is 0 Å². The molecular formula is C11H22N4O. The van der Waals surface area contributed by atoms with Gasteiger partial charge in [-0.1, -0.05) is 19.1 Å². The molecule has 0 unspecified atom stereocenters. The third kappa shape index (κ3) is 6.53. The minimum Gasteiger partial charge on any atom is -0.380 e. The molecule has 92 valence electrons. The van der Waals surface area contributed by atoms with E-state index >= 15 is 0 Å². The van der Waals surface area contributed by atoms with Crippen LogP contribution in [0.15, 0.2) is 12.4 Å². The average molecular weight is 226 g/mol. The summed E-state index contributed by atoms with van der Waals surface area (Å²) in [6, 6.07) is 0. The molecule has 5 heteroatoms. The third-order valence-electron chi connectivity index (χ3n) is 2.25. The lowest BCUT2D eigenvalue weighted by atomic mass is 10.1. The summed E-state index contributed by atoms with van der Waals surface area (Å²) in [6.07, 6.45) is 4.69. The summed E-state index contributed by atoms with van der Waals surface area (Å²) in [5.74, 6) is 0.722. The van der Waals surface area contributed by atoms with Crippen molar-refractivity contribution in [3.05, 3.63) is 12.4 Å². The second kappa shape index (κ2) is 8.24. The Hall–Kier alpha value is -0.940. The van der Waals surface area contributed by atoms with Crippen molar-refractivity contribution in [1.82, 2.24) is 20.3 Å². The van der Waals surface area contributed by atoms with Crippen LogP contribution in [0.25, 0.3) is 0 Å². The van der Waals surface area contributed by atoms with Gasteiger partial charge in [0.1, 0.15) is 0 Å². The summed E-state index contributed by atoms with van der Waals surface area (Å²) in [5, 5.41) is 10.9. The van der Waals surface area contributed by atoms with Gasteiger partial charge in [-0.05, 0) is 12.3 Å². The van der Waals surface area contributed by atoms with Crippen LogP contribution < -0.4 is 5.32 Å². The fourth-order valence-corrected chi connectivity index (χ4v) is 1.24. The van der Waals surface area contributed by atoms with Crippen molar-refractivity contribution in [2.45, 2.75) is 26.8 Å². The van der Waals surface area contributed by atoms with Crippen molar-refractivity contribution < 1.29 is 4.74 Å². The van der Waals surface area contributed by atoms with Gasteiger partial charge in [0.05, 0.1) is 19.3 Å². The zero-order chi connectivity index (χ0) is 11.6. The zero-order valence-corrected chi connectivity index (χ0v) is 10.2. The molecule has 1 heterocycles. The largest absolute Gasteiger partial charge is 0.380 e. The lowest BCUT2D eigenvalue weighted by molar-refractivity contribution is 0.125. The van der Waals surface area contributed by atoms with Gasteiger partial charge in [-0.25, -0.2) is 0 Å². The van der Waals surface area contributed by atoms with Gasteiger partial charge < -0.3 is 10.1 Å². The molecule has 0 bridgehead atoms. The highest BCUT2D eigenvalue weighted by Gasteiger charge is 1.94. The van der Waals surface area contributed by atoms with Crippen molar-refractivity contribution in [2.24, 2.45) is 5.92 Å². The molecule has 0 saturated heterocycles. The quantitative estimate of drug-likeness (QED) is 0.636. The molecule has 0 radical (unpaired) electrons. The van der Waals surface area contributed by atoms with Gasteiger partial charge in [-0.2, -0.15) is 0 Å². The molecule has 0 aliphatic heterocycles. The highest BCUT2D eigenvalue weighted by molar-refractivity contribution is 4.64. The molecule has 0 spiro atoms. The first-order chi connectivity index (χ1) is 7.79. The van der Waals surface area contributed by atoms with Gasteiger partial charge in [-0.3, -0.25) is 4.68 Å². The van der Waals surface area contributed by atoms with Crippen LogP contribution in [0.1, 0.15) is 20.3 Å². The molecular weight excluding hydrogens is 204 g/mol. The summed E-state index contributed by atoms with van der Waals surface area (Å²) in [7, 11) is 0. The van der Waals surface area contributed by atoms with E-state index in [0.29, 0.717) is 0 Å². The van der Waals surface area contributed by atoms with Crippen LogP contribution in [0.3, 0.4) is 0 Å². The van der Waals surface area contributed by atoms with Gasteiger partial charge in [0.15, 0.2) is 0 Å². The number of aromatic nitrogens is 3. The smallest absolute Gasteiger partial charge is 0.0692 e. The maximum atomic E-state index is 5.48. The van der Waals surface area contributed by atoms with E-state index in [9.17, 15) is 0 Å². The molecule has 0 fully saturated rings. The molecule has 0 aliphatic rings. The fourth-order valence-electron chi connectivity index (χ4n) is 1.24. The number of nitrogens with one attached hydrogen (secondary N) is 1. The molecule has 1 rings (SSSR count). The van der Waals surface area contributed by atoms with Crippen LogP contribution in [-0.4, -0.2) is 41.3 Å². The molecule has 0 amide bonds. The Morgan fingerprint density at radius 3 is 2.88 bits per heavy atom. The molecule has 0 saturated carbocycles. The first-order valence-electron chi connectivity index (χ1n) is 5.91. The Morgan fingerprint density at radius 2 is 2.19 bits per heavy atom. The zero-order valence-electron chi connectivity index (χ0n) is 10.2. The van der Waals surface area contributed by atoms with Crippen LogP contribution in [0, 0.1) is 5.92 Å². The van der Waals surface area contributed by atoms with Gasteiger partial charge in [0.2, 0.25) is 0 Å². The highest BCUT2D eigenvalue weighted by atomic mass is 16.5. The number of rotatable bonds is 9. The summed E-state index contributed by atoms with van der Waals surface area (Å²) in [5.41, 5.74) is 0. The lowest BCUT2D eigenvalue weighted by Gasteiger charge is -2.07. The van der Waals surface area contributed by atoms with Gasteiger partial charge in [0, 0.05) is 25.9 Å². The Morgan fingerprint density at radius 1 is 1.31 bits per heavy atom. The van der Waals surface area contributed by atoms with E-state index in [1.807, 2.05) is 10.9 Å². The predicted molar refractivity (Wildman–Crippen MR) is 63.2 cm³/mol. The molecule has 0 aromatic carbocycles.